The third kappa shape index (κ3) is 3.59. The first kappa shape index (κ1) is 15.5. The fourth-order valence-electron chi connectivity index (χ4n) is 2.01. The monoisotopic (exact) mass is 297 g/mol. The summed E-state index contributed by atoms with van der Waals surface area (Å²) in [6, 6.07) is 18.2. The van der Waals surface area contributed by atoms with Gasteiger partial charge in [0.25, 0.3) is 0 Å². The minimum absolute atomic E-state index is 0.278. The van der Waals surface area contributed by atoms with E-state index in [1.807, 2.05) is 42.5 Å². The molecule has 0 unspecified atom stereocenters. The molecule has 0 saturated heterocycles. The summed E-state index contributed by atoms with van der Waals surface area (Å²) in [5.74, 6) is 0.278. The average molecular weight is 297 g/mol. The van der Waals surface area contributed by atoms with Crippen LogP contribution in [0.2, 0.25) is 0 Å². The van der Waals surface area contributed by atoms with Gasteiger partial charge < -0.3 is 16.6 Å². The molecule has 0 bridgehead atoms. The van der Waals surface area contributed by atoms with Crippen molar-refractivity contribution < 1.29 is 9.94 Å². The highest BCUT2D eigenvalue weighted by molar-refractivity contribution is 5.96. The summed E-state index contributed by atoms with van der Waals surface area (Å²) in [6.45, 7) is 0. The van der Waals surface area contributed by atoms with Crippen molar-refractivity contribution in [3.8, 4) is 5.75 Å². The number of hydrogen-bond acceptors (Lipinski definition) is 5. The van der Waals surface area contributed by atoms with E-state index >= 15 is 0 Å². The Balaban J connectivity index is 0.000000164. The third-order valence-electron chi connectivity index (χ3n) is 3.11. The van der Waals surface area contributed by atoms with E-state index in [0.717, 1.165) is 16.5 Å². The SMILES string of the molecule is CONc1ccccc1N.Nc1ccc(O)c2ccccc12. The highest BCUT2D eigenvalue weighted by Gasteiger charge is 2.00. The summed E-state index contributed by atoms with van der Waals surface area (Å²) in [5, 5.41) is 11.1. The molecule has 0 aliphatic carbocycles. The summed E-state index contributed by atoms with van der Waals surface area (Å²) in [4.78, 5) is 4.68. The van der Waals surface area contributed by atoms with E-state index in [1.165, 1.54) is 0 Å². The zero-order valence-corrected chi connectivity index (χ0v) is 12.3. The van der Waals surface area contributed by atoms with Gasteiger partial charge in [-0.3, -0.25) is 10.3 Å². The number of phenolic OH excluding ortho intramolecular Hbond substituents is 1. The van der Waals surface area contributed by atoms with E-state index in [1.54, 1.807) is 25.3 Å². The number of anilines is 3. The van der Waals surface area contributed by atoms with Crippen molar-refractivity contribution in [1.29, 1.82) is 0 Å². The standard InChI is InChI=1S/C10H9NO.C7H10N2O/c11-9-5-6-10(12)8-4-2-1-3-7(8)9;1-10-9-7-5-3-2-4-6(7)8/h1-6,12H,11H2;2-5,9H,8H2,1H3. The fraction of sp³-hybridized carbons (Fsp3) is 0.0588. The van der Waals surface area contributed by atoms with Crippen LogP contribution < -0.4 is 16.9 Å². The normalized spacial score (nSPS) is 9.86. The van der Waals surface area contributed by atoms with Crippen LogP contribution in [0.5, 0.6) is 5.75 Å². The van der Waals surface area contributed by atoms with Gasteiger partial charge in [0.15, 0.2) is 0 Å². The van der Waals surface area contributed by atoms with Gasteiger partial charge in [0.2, 0.25) is 0 Å². The van der Waals surface area contributed by atoms with Gasteiger partial charge >= 0.3 is 0 Å². The number of phenols is 1. The Labute approximate surface area is 129 Å². The van der Waals surface area contributed by atoms with Crippen LogP contribution in [0.4, 0.5) is 17.1 Å². The quantitative estimate of drug-likeness (QED) is 0.330. The lowest BCUT2D eigenvalue weighted by atomic mass is 10.1. The number of rotatable bonds is 2. The molecule has 0 aliphatic rings. The zero-order valence-electron chi connectivity index (χ0n) is 12.3. The molecular formula is C17H19N3O2. The highest BCUT2D eigenvalue weighted by atomic mass is 16.6. The number of benzene rings is 3. The second-order valence-electron chi connectivity index (χ2n) is 4.61. The van der Waals surface area contributed by atoms with E-state index in [9.17, 15) is 5.11 Å². The smallest absolute Gasteiger partial charge is 0.123 e. The Morgan fingerprint density at radius 3 is 2.09 bits per heavy atom. The van der Waals surface area contributed by atoms with Crippen LogP contribution in [-0.4, -0.2) is 12.2 Å². The van der Waals surface area contributed by atoms with E-state index in [2.05, 4.69) is 10.3 Å². The highest BCUT2D eigenvalue weighted by Crippen LogP contribution is 2.28. The molecule has 0 amide bonds. The minimum atomic E-state index is 0.278. The molecule has 5 heteroatoms. The number of hydrogen-bond donors (Lipinski definition) is 4. The molecule has 3 aromatic rings. The Bertz CT molecular complexity index is 719. The largest absolute Gasteiger partial charge is 0.507 e. The van der Waals surface area contributed by atoms with Crippen molar-refractivity contribution in [1.82, 2.24) is 0 Å². The lowest BCUT2D eigenvalue weighted by Crippen LogP contribution is -1.98. The van der Waals surface area contributed by atoms with Crippen LogP contribution >= 0.6 is 0 Å². The van der Waals surface area contributed by atoms with Gasteiger partial charge in [0.1, 0.15) is 5.75 Å². The first-order valence-electron chi connectivity index (χ1n) is 6.73. The van der Waals surface area contributed by atoms with Crippen molar-refractivity contribution in [2.24, 2.45) is 0 Å². The molecule has 5 nitrogen and oxygen atoms in total. The maximum atomic E-state index is 9.44. The molecule has 0 heterocycles. The molecule has 114 valence electrons. The predicted octanol–water partition coefficient (Wildman–Crippen LogP) is 3.37. The van der Waals surface area contributed by atoms with Crippen LogP contribution in [0, 0.1) is 0 Å². The summed E-state index contributed by atoms with van der Waals surface area (Å²) in [5.41, 5.74) is 16.1. The van der Waals surface area contributed by atoms with E-state index in [-0.39, 0.29) is 5.75 Å². The van der Waals surface area contributed by atoms with Crippen molar-refractivity contribution in [3.05, 3.63) is 60.7 Å². The van der Waals surface area contributed by atoms with Gasteiger partial charge in [-0.2, -0.15) is 0 Å². The van der Waals surface area contributed by atoms with Gasteiger partial charge in [-0.25, -0.2) is 0 Å². The second-order valence-corrected chi connectivity index (χ2v) is 4.61. The second kappa shape index (κ2) is 7.19. The maximum absolute atomic E-state index is 9.44. The van der Waals surface area contributed by atoms with Crippen molar-refractivity contribution in [2.45, 2.75) is 0 Å². The van der Waals surface area contributed by atoms with E-state index < -0.39 is 0 Å². The van der Waals surface area contributed by atoms with Crippen LogP contribution in [0.25, 0.3) is 10.8 Å². The molecule has 0 fully saturated rings. The predicted molar refractivity (Wildman–Crippen MR) is 91.5 cm³/mol. The topological polar surface area (TPSA) is 93.5 Å². The first-order valence-corrected chi connectivity index (χ1v) is 6.73. The fourth-order valence-corrected chi connectivity index (χ4v) is 2.01. The van der Waals surface area contributed by atoms with Crippen molar-refractivity contribution in [3.63, 3.8) is 0 Å². The van der Waals surface area contributed by atoms with Gasteiger partial charge in [-0.15, -0.1) is 0 Å². The van der Waals surface area contributed by atoms with E-state index in [4.69, 9.17) is 11.5 Å². The number of nitrogens with two attached hydrogens (primary N) is 2. The molecule has 0 aromatic heterocycles. The molecule has 0 atom stereocenters. The van der Waals surface area contributed by atoms with Crippen LogP contribution in [0.1, 0.15) is 0 Å². The summed E-state index contributed by atoms with van der Waals surface area (Å²) >= 11 is 0. The average Bonchev–Trinajstić information content (AvgIpc) is 2.54. The van der Waals surface area contributed by atoms with Crippen molar-refractivity contribution >= 4 is 27.8 Å². The maximum Gasteiger partial charge on any atom is 0.123 e. The van der Waals surface area contributed by atoms with Crippen LogP contribution in [-0.2, 0) is 4.84 Å². The van der Waals surface area contributed by atoms with Crippen molar-refractivity contribution in [2.75, 3.05) is 24.1 Å². The van der Waals surface area contributed by atoms with Crippen LogP contribution in [0.15, 0.2) is 60.7 Å². The number of nitrogen functional groups attached to an aromatic ring is 2. The Morgan fingerprint density at radius 1 is 0.818 bits per heavy atom. The minimum Gasteiger partial charge on any atom is -0.507 e. The number of nitrogens with one attached hydrogen (secondary N) is 1. The molecule has 0 saturated carbocycles. The molecule has 22 heavy (non-hydrogen) atoms. The van der Waals surface area contributed by atoms with Gasteiger partial charge in [-0.05, 0) is 24.3 Å². The number of fused-ring (bicyclic) bond motifs is 1. The zero-order chi connectivity index (χ0) is 15.9. The summed E-state index contributed by atoms with van der Waals surface area (Å²) in [7, 11) is 1.55. The lowest BCUT2D eigenvalue weighted by molar-refractivity contribution is 0.271. The number of para-hydroxylation sites is 2. The molecule has 0 radical (unpaired) electrons. The Morgan fingerprint density at radius 2 is 1.45 bits per heavy atom. The molecular weight excluding hydrogens is 278 g/mol. The van der Waals surface area contributed by atoms with Gasteiger partial charge in [-0.1, -0.05) is 36.4 Å². The lowest BCUT2D eigenvalue weighted by Gasteiger charge is -2.04. The Hall–Kier alpha value is -2.92. The van der Waals surface area contributed by atoms with Gasteiger partial charge in [0, 0.05) is 16.5 Å². The molecule has 3 aromatic carbocycles. The molecule has 3 rings (SSSR count). The number of aromatic hydroxyl groups is 1. The van der Waals surface area contributed by atoms with Gasteiger partial charge in [0.05, 0.1) is 18.5 Å². The summed E-state index contributed by atoms with van der Waals surface area (Å²) in [6.07, 6.45) is 0. The first-order chi connectivity index (χ1) is 10.6. The van der Waals surface area contributed by atoms with E-state index in [0.29, 0.717) is 11.4 Å². The third-order valence-corrected chi connectivity index (χ3v) is 3.11. The van der Waals surface area contributed by atoms with Crippen LogP contribution in [0.3, 0.4) is 0 Å². The Kier molecular flexibility index (Phi) is 5.06. The molecule has 0 aliphatic heterocycles. The molecule has 0 spiro atoms. The summed E-state index contributed by atoms with van der Waals surface area (Å²) < 4.78 is 0. The molecule has 6 N–H and O–H groups in total.